The molecule has 0 bridgehead atoms. The highest BCUT2D eigenvalue weighted by molar-refractivity contribution is 7.17. The molecule has 0 saturated carbocycles. The molecule has 0 radical (unpaired) electrons. The van der Waals surface area contributed by atoms with E-state index in [0.29, 0.717) is 0 Å². The van der Waals surface area contributed by atoms with Crippen LogP contribution in [-0.2, 0) is 11.2 Å². The molecule has 2 N–H and O–H groups in total. The van der Waals surface area contributed by atoms with Crippen LogP contribution in [0.4, 0.5) is 10.8 Å². The van der Waals surface area contributed by atoms with Crippen molar-refractivity contribution in [1.82, 2.24) is 4.98 Å². The van der Waals surface area contributed by atoms with Gasteiger partial charge in [0, 0.05) is 10.6 Å². The minimum atomic E-state index is -0.843. The normalized spacial score (nSPS) is 10.7. The Morgan fingerprint density at radius 3 is 2.78 bits per heavy atom. The predicted molar refractivity (Wildman–Crippen MR) is 96.0 cm³/mol. The van der Waals surface area contributed by atoms with Gasteiger partial charge in [0.25, 0.3) is 0 Å². The molecule has 0 aliphatic carbocycles. The lowest BCUT2D eigenvalue weighted by atomic mass is 10.1. The highest BCUT2D eigenvalue weighted by atomic mass is 32.1. The number of aliphatic carboxylic acids is 1. The van der Waals surface area contributed by atoms with Crippen molar-refractivity contribution in [2.45, 2.75) is 20.3 Å². The number of carboxylic acids is 1. The second kappa shape index (κ2) is 6.52. The third-order valence-corrected chi connectivity index (χ3v) is 5.23. The molecule has 23 heavy (non-hydrogen) atoms. The number of carbonyl (C=O) groups is 1. The zero-order valence-corrected chi connectivity index (χ0v) is 14.4. The molecule has 0 saturated heterocycles. The van der Waals surface area contributed by atoms with E-state index in [1.807, 2.05) is 36.6 Å². The van der Waals surface area contributed by atoms with E-state index in [2.05, 4.69) is 23.3 Å². The van der Waals surface area contributed by atoms with Crippen LogP contribution >= 0.6 is 22.7 Å². The van der Waals surface area contributed by atoms with Crippen molar-refractivity contribution in [3.63, 3.8) is 0 Å². The van der Waals surface area contributed by atoms with Gasteiger partial charge in [-0.2, -0.15) is 0 Å². The Hall–Kier alpha value is -2.18. The molecule has 2 aromatic heterocycles. The Labute approximate surface area is 142 Å². The summed E-state index contributed by atoms with van der Waals surface area (Å²) in [5.74, 6) is -0.843. The third kappa shape index (κ3) is 3.60. The van der Waals surface area contributed by atoms with Gasteiger partial charge >= 0.3 is 5.97 Å². The van der Waals surface area contributed by atoms with E-state index in [4.69, 9.17) is 5.11 Å². The Morgan fingerprint density at radius 1 is 1.30 bits per heavy atom. The Balaban J connectivity index is 1.95. The molecule has 3 rings (SSSR count). The van der Waals surface area contributed by atoms with Crippen molar-refractivity contribution >= 4 is 39.5 Å². The highest BCUT2D eigenvalue weighted by Gasteiger charge is 2.17. The molecule has 1 aromatic carbocycles. The summed E-state index contributed by atoms with van der Waals surface area (Å²) in [7, 11) is 0. The van der Waals surface area contributed by atoms with E-state index < -0.39 is 5.97 Å². The van der Waals surface area contributed by atoms with E-state index in [-0.39, 0.29) is 6.42 Å². The largest absolute Gasteiger partial charge is 0.481 e. The van der Waals surface area contributed by atoms with Crippen LogP contribution < -0.4 is 5.32 Å². The summed E-state index contributed by atoms with van der Waals surface area (Å²) in [6.45, 7) is 4.10. The first-order valence-electron chi connectivity index (χ1n) is 7.12. The minimum Gasteiger partial charge on any atom is -0.481 e. The number of nitrogens with zero attached hydrogens (tertiary/aromatic N) is 1. The lowest BCUT2D eigenvalue weighted by molar-refractivity contribution is -0.136. The molecule has 0 fully saturated rings. The van der Waals surface area contributed by atoms with Crippen LogP contribution in [0.25, 0.3) is 10.6 Å². The van der Waals surface area contributed by atoms with Gasteiger partial charge in [-0.25, -0.2) is 4.98 Å². The molecule has 0 amide bonds. The zero-order valence-electron chi connectivity index (χ0n) is 12.8. The number of nitrogens with one attached hydrogen (secondary N) is 1. The van der Waals surface area contributed by atoms with Gasteiger partial charge in [-0.15, -0.1) is 22.7 Å². The summed E-state index contributed by atoms with van der Waals surface area (Å²) >= 11 is 2.96. The standard InChI is InChI=1S/C17H16N2O2S2/c1-10-5-6-12(11(2)8-10)18-17-19-16(13-4-3-7-22-13)14(23-17)9-15(20)21/h3-8H,9H2,1-2H3,(H,18,19)(H,20,21). The van der Waals surface area contributed by atoms with Gasteiger partial charge in [-0.3, -0.25) is 4.79 Å². The molecule has 0 aliphatic rings. The van der Waals surface area contributed by atoms with Crippen molar-refractivity contribution in [1.29, 1.82) is 0 Å². The van der Waals surface area contributed by atoms with Crippen molar-refractivity contribution in [3.8, 4) is 10.6 Å². The van der Waals surface area contributed by atoms with Crippen molar-refractivity contribution < 1.29 is 9.90 Å². The second-order valence-corrected chi connectivity index (χ2v) is 7.31. The van der Waals surface area contributed by atoms with Crippen LogP contribution in [0, 0.1) is 13.8 Å². The molecular formula is C17H16N2O2S2. The molecule has 4 nitrogen and oxygen atoms in total. The molecule has 2 heterocycles. The third-order valence-electron chi connectivity index (χ3n) is 3.39. The molecule has 6 heteroatoms. The van der Waals surface area contributed by atoms with Crippen LogP contribution in [0.2, 0.25) is 0 Å². The maximum absolute atomic E-state index is 11.1. The zero-order chi connectivity index (χ0) is 16.4. The monoisotopic (exact) mass is 344 g/mol. The molecule has 0 atom stereocenters. The number of carboxylic acid groups (broad SMARTS) is 1. The Bertz CT molecular complexity index is 838. The average Bonchev–Trinajstić information content (AvgIpc) is 3.11. The smallest absolute Gasteiger partial charge is 0.308 e. The topological polar surface area (TPSA) is 62.2 Å². The number of hydrogen-bond donors (Lipinski definition) is 2. The quantitative estimate of drug-likeness (QED) is 0.694. The first-order valence-corrected chi connectivity index (χ1v) is 8.82. The van der Waals surface area contributed by atoms with Gasteiger partial charge in [0.05, 0.1) is 17.0 Å². The number of aryl methyl sites for hydroxylation is 2. The summed E-state index contributed by atoms with van der Waals surface area (Å²) < 4.78 is 0. The summed E-state index contributed by atoms with van der Waals surface area (Å²) in [6, 6.07) is 10.1. The molecule has 0 spiro atoms. The number of benzene rings is 1. The van der Waals surface area contributed by atoms with Crippen molar-refractivity contribution in [2.24, 2.45) is 0 Å². The summed E-state index contributed by atoms with van der Waals surface area (Å²) in [4.78, 5) is 17.5. The van der Waals surface area contributed by atoms with E-state index >= 15 is 0 Å². The first kappa shape index (κ1) is 15.7. The SMILES string of the molecule is Cc1ccc(Nc2nc(-c3cccs3)c(CC(=O)O)s2)c(C)c1. The van der Waals surface area contributed by atoms with Crippen LogP contribution in [0.1, 0.15) is 16.0 Å². The Morgan fingerprint density at radius 2 is 2.13 bits per heavy atom. The summed E-state index contributed by atoms with van der Waals surface area (Å²) in [5, 5.41) is 15.1. The van der Waals surface area contributed by atoms with Gasteiger partial charge in [0.2, 0.25) is 0 Å². The van der Waals surface area contributed by atoms with Gasteiger partial charge in [0.1, 0.15) is 0 Å². The van der Waals surface area contributed by atoms with Crippen molar-refractivity contribution in [3.05, 3.63) is 51.7 Å². The fourth-order valence-electron chi connectivity index (χ4n) is 2.34. The molecule has 0 aliphatic heterocycles. The lowest BCUT2D eigenvalue weighted by Crippen LogP contribution is -1.98. The minimum absolute atomic E-state index is 0.0144. The molecule has 3 aromatic rings. The highest BCUT2D eigenvalue weighted by Crippen LogP contribution is 2.35. The molecule has 0 unspecified atom stereocenters. The van der Waals surface area contributed by atoms with Gasteiger partial charge < -0.3 is 10.4 Å². The van der Waals surface area contributed by atoms with Crippen LogP contribution in [0.15, 0.2) is 35.7 Å². The summed E-state index contributed by atoms with van der Waals surface area (Å²) in [5.41, 5.74) is 4.10. The number of thiophene rings is 1. The maximum atomic E-state index is 11.1. The van der Waals surface area contributed by atoms with Gasteiger partial charge in [-0.1, -0.05) is 23.8 Å². The summed E-state index contributed by atoms with van der Waals surface area (Å²) in [6.07, 6.45) is -0.0144. The van der Waals surface area contributed by atoms with Gasteiger partial charge in [-0.05, 0) is 36.9 Å². The van der Waals surface area contributed by atoms with Crippen LogP contribution in [0.3, 0.4) is 0 Å². The Kier molecular flexibility index (Phi) is 4.45. The van der Waals surface area contributed by atoms with Crippen molar-refractivity contribution in [2.75, 3.05) is 5.32 Å². The van der Waals surface area contributed by atoms with E-state index in [1.54, 1.807) is 11.3 Å². The lowest BCUT2D eigenvalue weighted by Gasteiger charge is -2.07. The number of aromatic nitrogens is 1. The van der Waals surface area contributed by atoms with E-state index in [1.165, 1.54) is 16.9 Å². The first-order chi connectivity index (χ1) is 11.0. The van der Waals surface area contributed by atoms with E-state index in [9.17, 15) is 4.79 Å². The second-order valence-electron chi connectivity index (χ2n) is 5.28. The molecule has 118 valence electrons. The predicted octanol–water partition coefficient (Wildman–Crippen LogP) is 4.86. The number of rotatable bonds is 5. The van der Waals surface area contributed by atoms with E-state index in [0.717, 1.165) is 31.8 Å². The average molecular weight is 344 g/mol. The van der Waals surface area contributed by atoms with Crippen LogP contribution in [0.5, 0.6) is 0 Å². The fraction of sp³-hybridized carbons (Fsp3) is 0.176. The van der Waals surface area contributed by atoms with Crippen LogP contribution in [-0.4, -0.2) is 16.1 Å². The van der Waals surface area contributed by atoms with Gasteiger partial charge in [0.15, 0.2) is 5.13 Å². The fourth-order valence-corrected chi connectivity index (χ4v) is 4.12. The number of thiazole rings is 1. The maximum Gasteiger partial charge on any atom is 0.308 e. The molecular weight excluding hydrogens is 328 g/mol. The number of hydrogen-bond acceptors (Lipinski definition) is 5. The number of anilines is 2.